The molecular formula is C34H51N3O4. The molecule has 41 heavy (non-hydrogen) atoms. The molecule has 3 atom stereocenters. The Balaban J connectivity index is 2.63. The van der Waals surface area contributed by atoms with E-state index < -0.39 is 23.8 Å². The number of carbonyl (C=O) groups is 3. The van der Waals surface area contributed by atoms with Crippen LogP contribution in [0.3, 0.4) is 0 Å². The predicted octanol–water partition coefficient (Wildman–Crippen LogP) is 6.60. The lowest BCUT2D eigenvalue weighted by Gasteiger charge is -2.39. The van der Waals surface area contributed by atoms with Gasteiger partial charge in [0.2, 0.25) is 11.8 Å². The number of hydrogen-bond acceptors (Lipinski definition) is 4. The van der Waals surface area contributed by atoms with Gasteiger partial charge in [0.15, 0.2) is 0 Å². The van der Waals surface area contributed by atoms with E-state index in [2.05, 4.69) is 31.4 Å². The second kappa shape index (κ2) is 15.6. The zero-order valence-corrected chi connectivity index (χ0v) is 26.5. The SMILES string of the molecule is CCc1ccc(C(C(=O)NC(C)C)N(C(=O)C(Cc2ccccc2)NC(=O)OC(C)(C)C)C(C)CCC(C)C)cc1. The zero-order valence-electron chi connectivity index (χ0n) is 26.5. The molecule has 2 N–H and O–H groups in total. The summed E-state index contributed by atoms with van der Waals surface area (Å²) in [5.41, 5.74) is 2.05. The van der Waals surface area contributed by atoms with Crippen LogP contribution in [0.15, 0.2) is 54.6 Å². The Labute approximate surface area is 247 Å². The minimum absolute atomic E-state index is 0.108. The van der Waals surface area contributed by atoms with Gasteiger partial charge in [-0.2, -0.15) is 0 Å². The molecule has 2 rings (SSSR count). The molecule has 0 saturated heterocycles. The van der Waals surface area contributed by atoms with E-state index in [1.54, 1.807) is 25.7 Å². The summed E-state index contributed by atoms with van der Waals surface area (Å²) in [6.07, 6.45) is 2.07. The van der Waals surface area contributed by atoms with Crippen molar-refractivity contribution in [2.45, 2.75) is 118 Å². The second-order valence-electron chi connectivity index (χ2n) is 12.6. The summed E-state index contributed by atoms with van der Waals surface area (Å²) in [4.78, 5) is 43.2. The van der Waals surface area contributed by atoms with Crippen LogP contribution in [0.1, 0.15) is 97.9 Å². The van der Waals surface area contributed by atoms with Crippen molar-refractivity contribution in [3.05, 3.63) is 71.3 Å². The van der Waals surface area contributed by atoms with Gasteiger partial charge in [-0.3, -0.25) is 9.59 Å². The quantitative estimate of drug-likeness (QED) is 0.286. The van der Waals surface area contributed by atoms with Gasteiger partial charge in [0.1, 0.15) is 17.7 Å². The highest BCUT2D eigenvalue weighted by molar-refractivity contribution is 5.92. The number of alkyl carbamates (subject to hydrolysis) is 1. The molecule has 3 amide bonds. The first kappa shape index (κ1) is 33.9. The summed E-state index contributed by atoms with van der Waals surface area (Å²) in [5.74, 6) is -0.134. The van der Waals surface area contributed by atoms with Crippen LogP contribution >= 0.6 is 0 Å². The highest BCUT2D eigenvalue weighted by Gasteiger charge is 2.39. The zero-order chi connectivity index (χ0) is 30.7. The molecule has 0 aromatic heterocycles. The Morgan fingerprint density at radius 3 is 1.95 bits per heavy atom. The number of benzene rings is 2. The fourth-order valence-electron chi connectivity index (χ4n) is 4.73. The molecule has 0 aliphatic rings. The van der Waals surface area contributed by atoms with E-state index in [4.69, 9.17) is 4.74 Å². The average molecular weight is 566 g/mol. The fraction of sp³-hybridized carbons (Fsp3) is 0.559. The maximum Gasteiger partial charge on any atom is 0.408 e. The highest BCUT2D eigenvalue weighted by atomic mass is 16.6. The minimum atomic E-state index is -0.932. The van der Waals surface area contributed by atoms with Gasteiger partial charge in [0.05, 0.1) is 0 Å². The van der Waals surface area contributed by atoms with Crippen molar-refractivity contribution in [3.63, 3.8) is 0 Å². The van der Waals surface area contributed by atoms with Gasteiger partial charge in [-0.05, 0) is 83.4 Å². The van der Waals surface area contributed by atoms with Crippen LogP contribution in [0.2, 0.25) is 0 Å². The first-order valence-electron chi connectivity index (χ1n) is 15.0. The van der Waals surface area contributed by atoms with Gasteiger partial charge in [0, 0.05) is 18.5 Å². The van der Waals surface area contributed by atoms with Gasteiger partial charge >= 0.3 is 6.09 Å². The maximum atomic E-state index is 14.6. The average Bonchev–Trinajstić information content (AvgIpc) is 2.88. The van der Waals surface area contributed by atoms with Crippen molar-refractivity contribution in [1.82, 2.24) is 15.5 Å². The maximum absolute atomic E-state index is 14.6. The van der Waals surface area contributed by atoms with Crippen LogP contribution in [0.5, 0.6) is 0 Å². The number of aryl methyl sites for hydroxylation is 1. The van der Waals surface area contributed by atoms with Crippen LogP contribution in [-0.2, 0) is 27.2 Å². The molecule has 2 aromatic rings. The summed E-state index contributed by atoms with van der Waals surface area (Å²) in [6.45, 7) is 17.5. The molecule has 0 saturated carbocycles. The van der Waals surface area contributed by atoms with Gasteiger partial charge < -0.3 is 20.3 Å². The van der Waals surface area contributed by atoms with Gasteiger partial charge in [-0.15, -0.1) is 0 Å². The van der Waals surface area contributed by atoms with Crippen molar-refractivity contribution < 1.29 is 19.1 Å². The molecule has 2 aromatic carbocycles. The predicted molar refractivity (Wildman–Crippen MR) is 166 cm³/mol. The molecule has 3 unspecified atom stereocenters. The third kappa shape index (κ3) is 11.2. The Hall–Kier alpha value is -3.35. The number of amides is 3. The molecule has 0 heterocycles. The number of rotatable bonds is 13. The van der Waals surface area contributed by atoms with E-state index in [1.807, 2.05) is 75.4 Å². The Morgan fingerprint density at radius 2 is 1.44 bits per heavy atom. The Morgan fingerprint density at radius 1 is 0.829 bits per heavy atom. The third-order valence-electron chi connectivity index (χ3n) is 6.82. The third-order valence-corrected chi connectivity index (χ3v) is 6.82. The smallest absolute Gasteiger partial charge is 0.408 e. The molecule has 226 valence electrons. The summed E-state index contributed by atoms with van der Waals surface area (Å²) in [6, 6.07) is 15.3. The number of carbonyl (C=O) groups excluding carboxylic acids is 3. The van der Waals surface area contributed by atoms with Crippen LogP contribution in [0, 0.1) is 5.92 Å². The van der Waals surface area contributed by atoms with Gasteiger partial charge in [-0.1, -0.05) is 75.4 Å². The highest BCUT2D eigenvalue weighted by Crippen LogP contribution is 2.28. The van der Waals surface area contributed by atoms with Gasteiger partial charge in [-0.25, -0.2) is 4.79 Å². The van der Waals surface area contributed by atoms with Crippen molar-refractivity contribution in [2.75, 3.05) is 0 Å². The van der Waals surface area contributed by atoms with E-state index in [-0.39, 0.29) is 30.3 Å². The lowest BCUT2D eigenvalue weighted by Crippen LogP contribution is -2.56. The van der Waals surface area contributed by atoms with Crippen LogP contribution in [0.25, 0.3) is 0 Å². The molecule has 0 aliphatic carbocycles. The molecule has 0 radical (unpaired) electrons. The van der Waals surface area contributed by atoms with Crippen molar-refractivity contribution in [2.24, 2.45) is 5.92 Å². The summed E-state index contributed by atoms with van der Waals surface area (Å²) in [5, 5.41) is 5.88. The van der Waals surface area contributed by atoms with Crippen molar-refractivity contribution in [3.8, 4) is 0 Å². The number of hydrogen-bond donors (Lipinski definition) is 2. The van der Waals surface area contributed by atoms with Crippen LogP contribution in [-0.4, -0.2) is 46.5 Å². The van der Waals surface area contributed by atoms with E-state index >= 15 is 0 Å². The number of nitrogens with zero attached hydrogens (tertiary/aromatic N) is 1. The molecule has 0 aliphatic heterocycles. The van der Waals surface area contributed by atoms with Crippen LogP contribution < -0.4 is 10.6 Å². The molecule has 0 bridgehead atoms. The fourth-order valence-corrected chi connectivity index (χ4v) is 4.73. The number of nitrogens with one attached hydrogen (secondary N) is 2. The van der Waals surface area contributed by atoms with E-state index in [0.29, 0.717) is 12.3 Å². The van der Waals surface area contributed by atoms with E-state index in [9.17, 15) is 14.4 Å². The molecule has 0 spiro atoms. The summed E-state index contributed by atoms with van der Waals surface area (Å²) >= 11 is 0. The molecule has 7 nitrogen and oxygen atoms in total. The van der Waals surface area contributed by atoms with E-state index in [0.717, 1.165) is 29.5 Å². The number of ether oxygens (including phenoxy) is 1. The summed E-state index contributed by atoms with van der Waals surface area (Å²) < 4.78 is 5.55. The van der Waals surface area contributed by atoms with Crippen molar-refractivity contribution in [1.29, 1.82) is 0 Å². The normalized spacial score (nSPS) is 13.8. The molecule has 7 heteroatoms. The van der Waals surface area contributed by atoms with E-state index in [1.165, 1.54) is 0 Å². The van der Waals surface area contributed by atoms with Crippen LogP contribution in [0.4, 0.5) is 4.79 Å². The second-order valence-corrected chi connectivity index (χ2v) is 12.6. The lowest BCUT2D eigenvalue weighted by molar-refractivity contribution is -0.145. The molecular weight excluding hydrogens is 514 g/mol. The Kier molecular flexibility index (Phi) is 12.9. The first-order chi connectivity index (χ1) is 19.2. The van der Waals surface area contributed by atoms with Gasteiger partial charge in [0.25, 0.3) is 0 Å². The first-order valence-corrected chi connectivity index (χ1v) is 15.0. The standard InChI is InChI=1S/C34H51N3O4/c1-10-26-18-20-28(21-19-26)30(31(38)35-24(4)5)37(25(6)17-16-23(2)3)32(39)29(22-27-14-12-11-13-15-27)36-33(40)41-34(7,8)9/h11-15,18-21,23-25,29-30H,10,16-17,22H2,1-9H3,(H,35,38)(H,36,40). The molecule has 0 fully saturated rings. The van der Waals surface area contributed by atoms with Crippen molar-refractivity contribution >= 4 is 17.9 Å². The summed E-state index contributed by atoms with van der Waals surface area (Å²) in [7, 11) is 0. The topological polar surface area (TPSA) is 87.7 Å². The Bertz CT molecular complexity index is 1110. The lowest BCUT2D eigenvalue weighted by atomic mass is 9.95. The largest absolute Gasteiger partial charge is 0.444 e. The monoisotopic (exact) mass is 565 g/mol. The minimum Gasteiger partial charge on any atom is -0.444 e.